The molecule has 0 radical (unpaired) electrons. The molecule has 4 atom stereocenters. The molecule has 2 N–H and O–H groups in total. The van der Waals surface area contributed by atoms with E-state index in [0.29, 0.717) is 70.9 Å². The summed E-state index contributed by atoms with van der Waals surface area (Å²) in [5.41, 5.74) is 1.01. The predicted octanol–water partition coefficient (Wildman–Crippen LogP) is 3.15. The van der Waals surface area contributed by atoms with E-state index in [1.165, 1.54) is 0 Å². The van der Waals surface area contributed by atoms with Gasteiger partial charge in [-0.3, -0.25) is 9.59 Å². The number of ketones is 1. The molecule has 1 aliphatic carbocycles. The first kappa shape index (κ1) is 22.5. The Morgan fingerprint density at radius 2 is 2.06 bits per heavy atom. The van der Waals surface area contributed by atoms with Crippen LogP contribution in [0.1, 0.15) is 35.7 Å². The van der Waals surface area contributed by atoms with Gasteiger partial charge in [-0.25, -0.2) is 4.98 Å². The summed E-state index contributed by atoms with van der Waals surface area (Å²) in [6, 6.07) is 3.27. The maximum atomic E-state index is 13.3. The van der Waals surface area contributed by atoms with E-state index < -0.39 is 0 Å². The predicted molar refractivity (Wildman–Crippen MR) is 131 cm³/mol. The Hall–Kier alpha value is -2.95. The number of carbonyl (C=O) groups excluding carboxylic acids is 1. The molecule has 0 aromatic carbocycles. The molecule has 1 saturated carbocycles. The van der Waals surface area contributed by atoms with Crippen molar-refractivity contribution in [2.24, 2.45) is 17.8 Å². The van der Waals surface area contributed by atoms with Crippen molar-refractivity contribution in [3.05, 3.63) is 45.5 Å². The molecule has 3 aliphatic rings. The summed E-state index contributed by atoms with van der Waals surface area (Å²) >= 11 is 6.36. The van der Waals surface area contributed by atoms with Crippen LogP contribution in [0.2, 0.25) is 5.02 Å². The smallest absolute Gasteiger partial charge is 0.274 e. The number of anilines is 3. The first-order chi connectivity index (χ1) is 17.0. The Labute approximate surface area is 206 Å². The quantitative estimate of drug-likeness (QED) is 0.478. The minimum Gasteiger partial charge on any atom is -0.381 e. The number of aromatic nitrogens is 4. The first-order valence-electron chi connectivity index (χ1n) is 12.0. The van der Waals surface area contributed by atoms with Crippen molar-refractivity contribution < 1.29 is 14.3 Å². The lowest BCUT2D eigenvalue weighted by Gasteiger charge is -2.25. The van der Waals surface area contributed by atoms with Crippen molar-refractivity contribution in [1.82, 2.24) is 19.2 Å². The molecule has 10 nitrogen and oxygen atoms in total. The number of fused-ring (bicyclic) bond motifs is 2. The molecule has 2 saturated heterocycles. The molecule has 5 heterocycles. The highest BCUT2D eigenvalue weighted by molar-refractivity contribution is 6.30. The molecular weight excluding hydrogens is 472 g/mol. The monoisotopic (exact) mass is 498 g/mol. The number of rotatable bonds is 7. The molecule has 6 rings (SSSR count). The number of ether oxygens (including phenoxy) is 2. The molecule has 3 fully saturated rings. The van der Waals surface area contributed by atoms with E-state index in [1.54, 1.807) is 40.7 Å². The van der Waals surface area contributed by atoms with Crippen LogP contribution in [0.25, 0.3) is 5.65 Å². The molecule has 3 aromatic rings. The maximum absolute atomic E-state index is 13.3. The van der Waals surface area contributed by atoms with Crippen LogP contribution in [0.4, 0.5) is 17.3 Å². The Kier molecular flexibility index (Phi) is 5.74. The summed E-state index contributed by atoms with van der Waals surface area (Å²) in [5.74, 6) is 2.45. The van der Waals surface area contributed by atoms with Gasteiger partial charge in [0.05, 0.1) is 42.6 Å². The lowest BCUT2D eigenvalue weighted by Crippen LogP contribution is -2.31. The summed E-state index contributed by atoms with van der Waals surface area (Å²) in [5, 5.41) is 11.0. The van der Waals surface area contributed by atoms with E-state index in [4.69, 9.17) is 21.1 Å². The van der Waals surface area contributed by atoms with Crippen LogP contribution >= 0.6 is 11.6 Å². The second kappa shape index (κ2) is 8.92. The van der Waals surface area contributed by atoms with Gasteiger partial charge < -0.3 is 24.7 Å². The fourth-order valence-corrected chi connectivity index (χ4v) is 5.61. The molecule has 0 bridgehead atoms. The molecule has 0 amide bonds. The summed E-state index contributed by atoms with van der Waals surface area (Å²) in [7, 11) is 1.77. The second-order valence-corrected chi connectivity index (χ2v) is 9.94. The van der Waals surface area contributed by atoms with Crippen LogP contribution in [-0.4, -0.2) is 58.4 Å². The Balaban J connectivity index is 1.32. The number of Topliss-reactive ketones (excluding diaryl/α,β-unsaturated/α-hetero) is 1. The fraction of sp³-hybridized carbons (Fsp3) is 0.500. The number of nitrogens with one attached hydrogen (secondary N) is 2. The third kappa shape index (κ3) is 4.09. The summed E-state index contributed by atoms with van der Waals surface area (Å²) < 4.78 is 14.2. The van der Waals surface area contributed by atoms with Crippen LogP contribution in [0, 0.1) is 17.8 Å². The highest BCUT2D eigenvalue weighted by Crippen LogP contribution is 2.53. The van der Waals surface area contributed by atoms with Crippen molar-refractivity contribution in [1.29, 1.82) is 0 Å². The number of pyridine rings is 1. The minimum absolute atomic E-state index is 0.0218. The molecule has 0 spiro atoms. The molecule has 0 unspecified atom stereocenters. The topological polar surface area (TPSA) is 112 Å². The summed E-state index contributed by atoms with van der Waals surface area (Å²) in [4.78, 5) is 31.0. The lowest BCUT2D eigenvalue weighted by atomic mass is 10.1. The largest absolute Gasteiger partial charge is 0.381 e. The van der Waals surface area contributed by atoms with Gasteiger partial charge in [0.15, 0.2) is 11.4 Å². The highest BCUT2D eigenvalue weighted by atomic mass is 35.5. The Bertz CT molecular complexity index is 1340. The Morgan fingerprint density at radius 3 is 2.80 bits per heavy atom. The second-order valence-electron chi connectivity index (χ2n) is 9.51. The molecule has 11 heteroatoms. The molecule has 35 heavy (non-hydrogen) atoms. The zero-order chi connectivity index (χ0) is 24.1. The third-order valence-corrected chi connectivity index (χ3v) is 7.59. The third-order valence-electron chi connectivity index (χ3n) is 7.38. The van der Waals surface area contributed by atoms with E-state index in [2.05, 4.69) is 20.7 Å². The molecule has 3 aromatic heterocycles. The van der Waals surface area contributed by atoms with Crippen molar-refractivity contribution in [3.63, 3.8) is 0 Å². The molecule has 184 valence electrons. The van der Waals surface area contributed by atoms with Crippen LogP contribution in [0.15, 0.2) is 29.3 Å². The summed E-state index contributed by atoms with van der Waals surface area (Å²) in [6.07, 6.45) is 5.43. The van der Waals surface area contributed by atoms with E-state index in [-0.39, 0.29) is 17.4 Å². The number of nitrogens with zero attached hydrogens (tertiary/aromatic N) is 4. The number of hydrogen-bond acceptors (Lipinski definition) is 8. The maximum Gasteiger partial charge on any atom is 0.274 e. The van der Waals surface area contributed by atoms with Gasteiger partial charge in [0.2, 0.25) is 0 Å². The number of halogens is 1. The van der Waals surface area contributed by atoms with E-state index in [1.807, 2.05) is 0 Å². The normalized spacial score (nSPS) is 25.4. The van der Waals surface area contributed by atoms with Crippen LogP contribution in [-0.2, 0) is 9.47 Å². The van der Waals surface area contributed by atoms with Gasteiger partial charge in [-0.15, -0.1) is 0 Å². The zero-order valence-corrected chi connectivity index (χ0v) is 20.1. The zero-order valence-electron chi connectivity index (χ0n) is 19.4. The first-order valence-corrected chi connectivity index (χ1v) is 12.3. The molecular formula is C24H27ClN6O4. The van der Waals surface area contributed by atoms with Crippen molar-refractivity contribution in [2.75, 3.05) is 44.1 Å². The van der Waals surface area contributed by atoms with Gasteiger partial charge in [0.25, 0.3) is 5.56 Å². The Morgan fingerprint density at radius 1 is 1.23 bits per heavy atom. The average Bonchev–Trinajstić information content (AvgIpc) is 3.22. The van der Waals surface area contributed by atoms with Gasteiger partial charge in [-0.2, -0.15) is 9.61 Å². The highest BCUT2D eigenvalue weighted by Gasteiger charge is 2.54. The van der Waals surface area contributed by atoms with Crippen molar-refractivity contribution >= 4 is 40.4 Å². The van der Waals surface area contributed by atoms with Gasteiger partial charge >= 0.3 is 0 Å². The number of carbonyl (C=O) groups is 1. The minimum atomic E-state index is -0.204. The van der Waals surface area contributed by atoms with Gasteiger partial charge in [0, 0.05) is 32.3 Å². The van der Waals surface area contributed by atoms with E-state index >= 15 is 0 Å². The van der Waals surface area contributed by atoms with Crippen molar-refractivity contribution in [2.45, 2.75) is 25.3 Å². The average molecular weight is 499 g/mol. The van der Waals surface area contributed by atoms with Crippen LogP contribution < -0.4 is 16.2 Å². The van der Waals surface area contributed by atoms with Crippen molar-refractivity contribution in [3.8, 4) is 0 Å². The standard InChI is InChI=1S/C24H27ClN6O4/c1-26-22-7-21(28-19-5-13(25)9-30(24(19)33)14-3-2-4-34-10-14)29-23-16(8-27-31(22)23)20(32)6-15-17-11-35-12-18(15)17/h5,7-9,14-15,17-18,26H,2-4,6,10-12H2,1H3,(H,28,29)/t14-,15-,17-,18+/m0/s1. The SMILES string of the molecule is CNc1cc(Nc2cc(Cl)cn([C@H]3CCCOC3)c2=O)nc2c(C(=O)C[C@H]3[C@@H]4COC[C@@H]43)cnn12. The van der Waals surface area contributed by atoms with Crippen LogP contribution in [0.5, 0.6) is 0 Å². The van der Waals surface area contributed by atoms with Gasteiger partial charge in [-0.05, 0) is 36.7 Å². The fourth-order valence-electron chi connectivity index (χ4n) is 5.40. The van der Waals surface area contributed by atoms with E-state index in [9.17, 15) is 9.59 Å². The lowest BCUT2D eigenvalue weighted by molar-refractivity contribution is 0.0581. The van der Waals surface area contributed by atoms with E-state index in [0.717, 1.165) is 26.1 Å². The van der Waals surface area contributed by atoms with Gasteiger partial charge in [-0.1, -0.05) is 11.6 Å². The summed E-state index contributed by atoms with van der Waals surface area (Å²) in [6.45, 7) is 2.68. The van der Waals surface area contributed by atoms with Gasteiger partial charge in [0.1, 0.15) is 17.3 Å². The number of hydrogen-bond donors (Lipinski definition) is 2. The molecule has 2 aliphatic heterocycles. The van der Waals surface area contributed by atoms with Crippen LogP contribution in [0.3, 0.4) is 0 Å².